The van der Waals surface area contributed by atoms with Gasteiger partial charge in [-0.15, -0.1) is 0 Å². The number of hydrogen-bond donors (Lipinski definition) is 0. The number of aromatic nitrogens is 1. The summed E-state index contributed by atoms with van der Waals surface area (Å²) in [6.07, 6.45) is 2.79. The van der Waals surface area contributed by atoms with E-state index in [0.29, 0.717) is 37.3 Å². The molecule has 0 radical (unpaired) electrons. The molecule has 2 rings (SSSR count). The average Bonchev–Trinajstić information content (AvgIpc) is 2.30. The van der Waals surface area contributed by atoms with Crippen molar-refractivity contribution in [2.24, 2.45) is 0 Å². The van der Waals surface area contributed by atoms with Crippen LogP contribution in [0, 0.1) is 11.3 Å². The van der Waals surface area contributed by atoms with Crippen molar-refractivity contribution in [3.05, 3.63) is 23.9 Å². The number of nitriles is 1. The molecular formula is C11H11N3O. The molecule has 0 amide bonds. The van der Waals surface area contributed by atoms with Crippen LogP contribution in [0.5, 0.6) is 0 Å². The molecule has 1 aliphatic heterocycles. The predicted molar refractivity (Wildman–Crippen MR) is 55.4 cm³/mol. The molecule has 0 unspecified atom stereocenters. The van der Waals surface area contributed by atoms with E-state index in [0.717, 1.165) is 5.82 Å². The molecule has 0 atom stereocenters. The first-order valence-electron chi connectivity index (χ1n) is 4.92. The first-order valence-corrected chi connectivity index (χ1v) is 4.92. The van der Waals surface area contributed by atoms with Crippen molar-refractivity contribution < 1.29 is 4.79 Å². The average molecular weight is 201 g/mol. The first-order chi connectivity index (χ1) is 7.29. The van der Waals surface area contributed by atoms with Crippen molar-refractivity contribution in [1.82, 2.24) is 4.98 Å². The van der Waals surface area contributed by atoms with Crippen LogP contribution in [0.4, 0.5) is 5.82 Å². The van der Waals surface area contributed by atoms with Crippen LogP contribution in [-0.4, -0.2) is 23.9 Å². The quantitative estimate of drug-likeness (QED) is 0.683. The minimum Gasteiger partial charge on any atom is -0.356 e. The molecule has 1 aromatic rings. The summed E-state index contributed by atoms with van der Waals surface area (Å²) in [4.78, 5) is 17.3. The van der Waals surface area contributed by atoms with Crippen molar-refractivity contribution in [1.29, 1.82) is 5.26 Å². The molecule has 0 aromatic carbocycles. The van der Waals surface area contributed by atoms with Gasteiger partial charge in [-0.25, -0.2) is 4.98 Å². The van der Waals surface area contributed by atoms with E-state index in [2.05, 4.69) is 11.1 Å². The third-order valence-corrected chi connectivity index (χ3v) is 2.52. The Balaban J connectivity index is 2.16. The minimum atomic E-state index is 0.308. The van der Waals surface area contributed by atoms with Crippen molar-refractivity contribution in [2.45, 2.75) is 12.8 Å². The Bertz CT molecular complexity index is 412. The van der Waals surface area contributed by atoms with Crippen LogP contribution in [0.3, 0.4) is 0 Å². The summed E-state index contributed by atoms with van der Waals surface area (Å²) in [5, 5.41) is 8.75. The van der Waals surface area contributed by atoms with Crippen LogP contribution in [-0.2, 0) is 4.79 Å². The second-order valence-electron chi connectivity index (χ2n) is 3.54. The van der Waals surface area contributed by atoms with E-state index in [9.17, 15) is 4.79 Å². The number of nitrogens with zero attached hydrogens (tertiary/aromatic N) is 3. The standard InChI is InChI=1S/C11H11N3O/c12-8-9-1-4-13-11(7-9)14-5-2-10(15)3-6-14/h1,4,7H,2-3,5-6H2. The minimum absolute atomic E-state index is 0.308. The first kappa shape index (κ1) is 9.66. The molecule has 15 heavy (non-hydrogen) atoms. The third-order valence-electron chi connectivity index (χ3n) is 2.52. The highest BCUT2D eigenvalue weighted by Gasteiger charge is 2.17. The molecule has 4 heteroatoms. The van der Waals surface area contributed by atoms with Gasteiger partial charge in [0, 0.05) is 32.1 Å². The lowest BCUT2D eigenvalue weighted by Gasteiger charge is -2.26. The highest BCUT2D eigenvalue weighted by Crippen LogP contribution is 2.16. The van der Waals surface area contributed by atoms with Gasteiger partial charge in [0.25, 0.3) is 0 Å². The molecule has 0 aliphatic carbocycles. The Kier molecular flexibility index (Phi) is 2.64. The summed E-state index contributed by atoms with van der Waals surface area (Å²) in [5.74, 6) is 1.10. The van der Waals surface area contributed by atoms with Crippen molar-refractivity contribution >= 4 is 11.6 Å². The number of carbonyl (C=O) groups excluding carboxylic acids is 1. The van der Waals surface area contributed by atoms with Gasteiger partial charge in [-0.1, -0.05) is 0 Å². The van der Waals surface area contributed by atoms with Gasteiger partial charge in [0.05, 0.1) is 11.6 Å². The SMILES string of the molecule is N#Cc1ccnc(N2CCC(=O)CC2)c1. The van der Waals surface area contributed by atoms with E-state index in [-0.39, 0.29) is 0 Å². The summed E-state index contributed by atoms with van der Waals surface area (Å²) in [5.41, 5.74) is 0.608. The molecule has 1 aliphatic rings. The molecule has 1 fully saturated rings. The van der Waals surface area contributed by atoms with Crippen molar-refractivity contribution in [2.75, 3.05) is 18.0 Å². The zero-order chi connectivity index (χ0) is 10.7. The van der Waals surface area contributed by atoms with Gasteiger partial charge >= 0.3 is 0 Å². The molecule has 0 bridgehead atoms. The highest BCUT2D eigenvalue weighted by atomic mass is 16.1. The Morgan fingerprint density at radius 1 is 1.40 bits per heavy atom. The Morgan fingerprint density at radius 2 is 2.13 bits per heavy atom. The van der Waals surface area contributed by atoms with E-state index in [1.165, 1.54) is 0 Å². The number of Topliss-reactive ketones (excluding diaryl/α,β-unsaturated/α-hetero) is 1. The normalized spacial score (nSPS) is 16.2. The zero-order valence-corrected chi connectivity index (χ0v) is 8.31. The van der Waals surface area contributed by atoms with Crippen LogP contribution >= 0.6 is 0 Å². The van der Waals surface area contributed by atoms with Crippen molar-refractivity contribution in [3.8, 4) is 6.07 Å². The number of anilines is 1. The fourth-order valence-electron chi connectivity index (χ4n) is 1.65. The Morgan fingerprint density at radius 3 is 2.80 bits per heavy atom. The lowest BCUT2D eigenvalue weighted by atomic mass is 10.1. The summed E-state index contributed by atoms with van der Waals surface area (Å²) in [6, 6.07) is 5.52. The number of piperidine rings is 1. The number of rotatable bonds is 1. The Labute approximate surface area is 88.1 Å². The van der Waals surface area contributed by atoms with E-state index in [4.69, 9.17) is 5.26 Å². The second kappa shape index (κ2) is 4.09. The molecule has 4 nitrogen and oxygen atoms in total. The number of pyridine rings is 1. The zero-order valence-electron chi connectivity index (χ0n) is 8.31. The maximum atomic E-state index is 11.1. The van der Waals surface area contributed by atoms with Gasteiger partial charge in [-0.3, -0.25) is 4.79 Å². The third kappa shape index (κ3) is 2.13. The lowest BCUT2D eigenvalue weighted by Crippen LogP contribution is -2.34. The van der Waals surface area contributed by atoms with Gasteiger partial charge in [0.15, 0.2) is 0 Å². The number of hydrogen-bond acceptors (Lipinski definition) is 4. The van der Waals surface area contributed by atoms with Crippen LogP contribution in [0.2, 0.25) is 0 Å². The van der Waals surface area contributed by atoms with Gasteiger partial charge in [-0.05, 0) is 12.1 Å². The monoisotopic (exact) mass is 201 g/mol. The lowest BCUT2D eigenvalue weighted by molar-refractivity contribution is -0.119. The molecule has 2 heterocycles. The van der Waals surface area contributed by atoms with Crippen LogP contribution in [0.15, 0.2) is 18.3 Å². The summed E-state index contributed by atoms with van der Waals surface area (Å²) >= 11 is 0. The molecule has 0 saturated carbocycles. The summed E-state index contributed by atoms with van der Waals surface area (Å²) in [6.45, 7) is 1.42. The smallest absolute Gasteiger partial charge is 0.136 e. The van der Waals surface area contributed by atoms with Crippen LogP contribution in [0.1, 0.15) is 18.4 Å². The van der Waals surface area contributed by atoms with E-state index < -0.39 is 0 Å². The van der Waals surface area contributed by atoms with Gasteiger partial charge in [-0.2, -0.15) is 5.26 Å². The molecule has 1 saturated heterocycles. The van der Waals surface area contributed by atoms with Crippen molar-refractivity contribution in [3.63, 3.8) is 0 Å². The maximum Gasteiger partial charge on any atom is 0.136 e. The van der Waals surface area contributed by atoms with Crippen LogP contribution in [0.25, 0.3) is 0 Å². The number of ketones is 1. The summed E-state index contributed by atoms with van der Waals surface area (Å²) in [7, 11) is 0. The van der Waals surface area contributed by atoms with E-state index in [1.54, 1.807) is 18.3 Å². The topological polar surface area (TPSA) is 57.0 Å². The van der Waals surface area contributed by atoms with Crippen LogP contribution < -0.4 is 4.90 Å². The predicted octanol–water partition coefficient (Wildman–Crippen LogP) is 1.12. The second-order valence-corrected chi connectivity index (χ2v) is 3.54. The maximum absolute atomic E-state index is 11.1. The largest absolute Gasteiger partial charge is 0.356 e. The fraction of sp³-hybridized carbons (Fsp3) is 0.364. The number of carbonyl (C=O) groups is 1. The molecule has 76 valence electrons. The molecule has 0 spiro atoms. The van der Waals surface area contributed by atoms with E-state index >= 15 is 0 Å². The fourth-order valence-corrected chi connectivity index (χ4v) is 1.65. The van der Waals surface area contributed by atoms with Gasteiger partial charge in [0.2, 0.25) is 0 Å². The molecular weight excluding hydrogens is 190 g/mol. The van der Waals surface area contributed by atoms with Gasteiger partial charge in [0.1, 0.15) is 11.6 Å². The van der Waals surface area contributed by atoms with E-state index in [1.807, 2.05) is 4.90 Å². The highest BCUT2D eigenvalue weighted by molar-refractivity contribution is 5.80. The van der Waals surface area contributed by atoms with Gasteiger partial charge < -0.3 is 4.90 Å². The Hall–Kier alpha value is -1.89. The molecule has 0 N–H and O–H groups in total. The molecule has 1 aromatic heterocycles. The summed E-state index contributed by atoms with van der Waals surface area (Å²) < 4.78 is 0.